The molecule has 0 aliphatic rings. The van der Waals surface area contributed by atoms with Crippen LogP contribution in [0.5, 0.6) is 11.5 Å². The van der Waals surface area contributed by atoms with E-state index in [1.165, 1.54) is 4.90 Å². The highest BCUT2D eigenvalue weighted by atomic mass is 16.5. The van der Waals surface area contributed by atoms with Crippen LogP contribution in [0.2, 0.25) is 0 Å². The summed E-state index contributed by atoms with van der Waals surface area (Å²) < 4.78 is 15.7. The van der Waals surface area contributed by atoms with Crippen LogP contribution >= 0.6 is 0 Å². The first-order valence-electron chi connectivity index (χ1n) is 7.02. The quantitative estimate of drug-likeness (QED) is 0.872. The van der Waals surface area contributed by atoms with Crippen LogP contribution in [0, 0.1) is 6.92 Å². The second-order valence-electron chi connectivity index (χ2n) is 4.92. The molecule has 2 rings (SSSR count). The summed E-state index contributed by atoms with van der Waals surface area (Å²) in [6.45, 7) is 2.32. The second-order valence-corrected chi connectivity index (χ2v) is 4.92. The molecule has 0 aliphatic heterocycles. The van der Waals surface area contributed by atoms with Gasteiger partial charge in [-0.05, 0) is 17.7 Å². The monoisotopic (exact) mass is 320 g/mol. The minimum absolute atomic E-state index is 0.240. The van der Waals surface area contributed by atoms with Crippen molar-refractivity contribution in [2.45, 2.75) is 20.0 Å². The second kappa shape index (κ2) is 7.48. The number of rotatable bonds is 6. The van der Waals surface area contributed by atoms with E-state index in [1.54, 1.807) is 34.3 Å². The molecule has 1 heterocycles. The van der Waals surface area contributed by atoms with Crippen LogP contribution in [0.15, 0.2) is 22.6 Å². The first kappa shape index (κ1) is 16.6. The van der Waals surface area contributed by atoms with Crippen molar-refractivity contribution in [3.63, 3.8) is 0 Å². The van der Waals surface area contributed by atoms with E-state index in [4.69, 9.17) is 13.9 Å². The molecule has 2 aromatic rings. The molecular weight excluding hydrogens is 300 g/mol. The minimum Gasteiger partial charge on any atom is -0.493 e. The third-order valence-electron chi connectivity index (χ3n) is 3.18. The predicted molar refractivity (Wildman–Crippen MR) is 82.3 cm³/mol. The highest BCUT2D eigenvalue weighted by molar-refractivity contribution is 5.73. The minimum atomic E-state index is -0.240. The van der Waals surface area contributed by atoms with Crippen LogP contribution in [-0.4, -0.2) is 42.4 Å². The van der Waals surface area contributed by atoms with Gasteiger partial charge >= 0.3 is 6.03 Å². The van der Waals surface area contributed by atoms with E-state index in [9.17, 15) is 4.79 Å². The zero-order valence-electron chi connectivity index (χ0n) is 13.6. The van der Waals surface area contributed by atoms with E-state index in [-0.39, 0.29) is 12.6 Å². The van der Waals surface area contributed by atoms with E-state index in [1.807, 2.05) is 12.1 Å². The van der Waals surface area contributed by atoms with Crippen LogP contribution in [0.3, 0.4) is 0 Å². The van der Waals surface area contributed by atoms with Crippen LogP contribution in [0.1, 0.15) is 17.3 Å². The average molecular weight is 320 g/mol. The summed E-state index contributed by atoms with van der Waals surface area (Å²) in [5, 5.41) is 10.4. The van der Waals surface area contributed by atoms with Gasteiger partial charge in [-0.1, -0.05) is 6.07 Å². The molecule has 0 spiro atoms. The molecule has 0 aliphatic carbocycles. The van der Waals surface area contributed by atoms with Gasteiger partial charge in [0.1, 0.15) is 6.54 Å². The molecule has 8 nitrogen and oxygen atoms in total. The van der Waals surface area contributed by atoms with Gasteiger partial charge < -0.3 is 24.1 Å². The van der Waals surface area contributed by atoms with Crippen molar-refractivity contribution in [1.82, 2.24) is 20.4 Å². The van der Waals surface area contributed by atoms with Crippen LogP contribution in [0.25, 0.3) is 0 Å². The Balaban J connectivity index is 1.90. The number of carbonyl (C=O) groups is 1. The molecule has 8 heteroatoms. The molecule has 0 unspecified atom stereocenters. The molecule has 0 saturated carbocycles. The first-order valence-corrected chi connectivity index (χ1v) is 7.02. The third kappa shape index (κ3) is 4.35. The smallest absolute Gasteiger partial charge is 0.317 e. The molecular formula is C15H20N4O4. The molecule has 0 atom stereocenters. The topological polar surface area (TPSA) is 89.7 Å². The number of hydrogen-bond donors (Lipinski definition) is 1. The van der Waals surface area contributed by atoms with E-state index < -0.39 is 0 Å². The molecule has 0 saturated heterocycles. The van der Waals surface area contributed by atoms with Gasteiger partial charge in [0.2, 0.25) is 11.8 Å². The molecule has 2 amide bonds. The Hall–Kier alpha value is -2.77. The Bertz CT molecular complexity index is 671. The van der Waals surface area contributed by atoms with Crippen LogP contribution < -0.4 is 14.8 Å². The number of aromatic nitrogens is 2. The number of nitrogens with one attached hydrogen (secondary N) is 1. The maximum atomic E-state index is 12.1. The SMILES string of the molecule is COc1ccc(CNC(=O)N(C)Cc2nnc(C)o2)cc1OC. The van der Waals surface area contributed by atoms with E-state index in [0.29, 0.717) is 29.8 Å². The summed E-state index contributed by atoms with van der Waals surface area (Å²) >= 11 is 0. The Labute approximate surface area is 134 Å². The molecule has 1 aromatic carbocycles. The predicted octanol–water partition coefficient (Wildman–Crippen LogP) is 1.74. The summed E-state index contributed by atoms with van der Waals surface area (Å²) in [5.41, 5.74) is 0.901. The van der Waals surface area contributed by atoms with Crippen molar-refractivity contribution in [2.75, 3.05) is 21.3 Å². The molecule has 124 valence electrons. The van der Waals surface area contributed by atoms with Crippen LogP contribution in [0.4, 0.5) is 4.79 Å². The fourth-order valence-corrected chi connectivity index (χ4v) is 1.98. The number of amides is 2. The fourth-order valence-electron chi connectivity index (χ4n) is 1.98. The van der Waals surface area contributed by atoms with E-state index in [2.05, 4.69) is 15.5 Å². The zero-order chi connectivity index (χ0) is 16.8. The summed E-state index contributed by atoms with van der Waals surface area (Å²) in [6.07, 6.45) is 0. The Morgan fingerprint density at radius 2 is 2.00 bits per heavy atom. The Morgan fingerprint density at radius 1 is 1.26 bits per heavy atom. The number of nitrogens with zero attached hydrogens (tertiary/aromatic N) is 3. The maximum absolute atomic E-state index is 12.1. The normalized spacial score (nSPS) is 10.3. The van der Waals surface area contributed by atoms with Gasteiger partial charge in [0.05, 0.1) is 14.2 Å². The third-order valence-corrected chi connectivity index (χ3v) is 3.18. The van der Waals surface area contributed by atoms with E-state index >= 15 is 0 Å². The van der Waals surface area contributed by atoms with Gasteiger partial charge in [0, 0.05) is 20.5 Å². The van der Waals surface area contributed by atoms with Gasteiger partial charge in [0.15, 0.2) is 11.5 Å². The van der Waals surface area contributed by atoms with Gasteiger partial charge in [-0.2, -0.15) is 0 Å². The summed E-state index contributed by atoms with van der Waals surface area (Å²) in [4.78, 5) is 13.5. The summed E-state index contributed by atoms with van der Waals surface area (Å²) in [6, 6.07) is 5.24. The molecule has 23 heavy (non-hydrogen) atoms. The van der Waals surface area contributed by atoms with E-state index in [0.717, 1.165) is 5.56 Å². The largest absolute Gasteiger partial charge is 0.493 e. The molecule has 1 aromatic heterocycles. The van der Waals surface area contributed by atoms with Gasteiger partial charge in [-0.3, -0.25) is 0 Å². The molecule has 1 N–H and O–H groups in total. The Kier molecular flexibility index (Phi) is 5.40. The highest BCUT2D eigenvalue weighted by Gasteiger charge is 2.13. The van der Waals surface area contributed by atoms with Crippen molar-refractivity contribution in [1.29, 1.82) is 0 Å². The number of ether oxygens (including phenoxy) is 2. The van der Waals surface area contributed by atoms with Gasteiger partial charge in [-0.25, -0.2) is 4.79 Å². The molecule has 0 bridgehead atoms. The average Bonchev–Trinajstić information content (AvgIpc) is 2.96. The number of hydrogen-bond acceptors (Lipinski definition) is 6. The van der Waals surface area contributed by atoms with Crippen molar-refractivity contribution < 1.29 is 18.7 Å². The summed E-state index contributed by atoms with van der Waals surface area (Å²) in [7, 11) is 4.80. The number of urea groups is 1. The summed E-state index contributed by atoms with van der Waals surface area (Å²) in [5.74, 6) is 2.13. The fraction of sp³-hybridized carbons (Fsp3) is 0.400. The number of methoxy groups -OCH3 is 2. The maximum Gasteiger partial charge on any atom is 0.317 e. The molecule has 0 fully saturated rings. The van der Waals surface area contributed by atoms with Crippen LogP contribution in [-0.2, 0) is 13.1 Å². The first-order chi connectivity index (χ1) is 11.0. The lowest BCUT2D eigenvalue weighted by molar-refractivity contribution is 0.201. The van der Waals surface area contributed by atoms with Crippen molar-refractivity contribution >= 4 is 6.03 Å². The lowest BCUT2D eigenvalue weighted by Crippen LogP contribution is -2.36. The van der Waals surface area contributed by atoms with Gasteiger partial charge in [-0.15, -0.1) is 10.2 Å². The number of benzene rings is 1. The standard InChI is InChI=1S/C15H20N4O4/c1-10-17-18-14(23-10)9-19(2)15(20)16-8-11-5-6-12(21-3)13(7-11)22-4/h5-7H,8-9H2,1-4H3,(H,16,20). The zero-order valence-corrected chi connectivity index (χ0v) is 13.6. The van der Waals surface area contributed by atoms with Gasteiger partial charge in [0.25, 0.3) is 0 Å². The lowest BCUT2D eigenvalue weighted by Gasteiger charge is -2.16. The lowest BCUT2D eigenvalue weighted by atomic mass is 10.2. The van der Waals surface area contributed by atoms with Crippen molar-refractivity contribution in [3.8, 4) is 11.5 Å². The number of aryl methyl sites for hydroxylation is 1. The van der Waals surface area contributed by atoms with Crippen molar-refractivity contribution in [2.24, 2.45) is 0 Å². The highest BCUT2D eigenvalue weighted by Crippen LogP contribution is 2.27. The molecule has 0 radical (unpaired) electrons. The Morgan fingerprint density at radius 3 is 2.61 bits per heavy atom. The van der Waals surface area contributed by atoms with Crippen molar-refractivity contribution in [3.05, 3.63) is 35.5 Å². The number of carbonyl (C=O) groups excluding carboxylic acids is 1.